The van der Waals surface area contributed by atoms with Gasteiger partial charge in [-0.1, -0.05) is 69.2 Å². The zero-order valence-corrected chi connectivity index (χ0v) is 18.5. The molecule has 4 nitrogen and oxygen atoms in total. The summed E-state index contributed by atoms with van der Waals surface area (Å²) in [5, 5.41) is 3.35. The van der Waals surface area contributed by atoms with E-state index in [0.29, 0.717) is 19.6 Å². The number of nitrogens with one attached hydrogen (secondary N) is 1. The molecule has 1 atom stereocenters. The van der Waals surface area contributed by atoms with Gasteiger partial charge in [0.05, 0.1) is 6.61 Å². The van der Waals surface area contributed by atoms with Crippen LogP contribution in [-0.4, -0.2) is 24.7 Å². The van der Waals surface area contributed by atoms with Crippen molar-refractivity contribution >= 4 is 17.7 Å². The molecule has 2 heterocycles. The van der Waals surface area contributed by atoms with Gasteiger partial charge in [-0.15, -0.1) is 0 Å². The highest BCUT2D eigenvalue weighted by atomic mass is 16.5. The van der Waals surface area contributed by atoms with E-state index in [1.165, 1.54) is 16.8 Å². The maximum atomic E-state index is 12.6. The Labute approximate surface area is 179 Å². The standard InChI is InChI=1S/C26H32N2O2/c1-5-6-17-30-23-10-8-7-9-20(23)13-15-26-25(3,4)21-18-19(2)11-12-22(21)28(26)16-14-24(29)27-26/h7-13,15,18H,5-6,14,16-17H2,1-4H3,(H,27,29)/b15-13+. The van der Waals surface area contributed by atoms with Gasteiger partial charge in [0.1, 0.15) is 11.4 Å². The lowest BCUT2D eigenvalue weighted by Crippen LogP contribution is -2.68. The van der Waals surface area contributed by atoms with Gasteiger partial charge < -0.3 is 15.0 Å². The summed E-state index contributed by atoms with van der Waals surface area (Å²) in [4.78, 5) is 14.9. The van der Waals surface area contributed by atoms with Crippen LogP contribution in [0.4, 0.5) is 5.69 Å². The fourth-order valence-electron chi connectivity index (χ4n) is 4.75. The van der Waals surface area contributed by atoms with Gasteiger partial charge in [-0.2, -0.15) is 0 Å². The van der Waals surface area contributed by atoms with Crippen LogP contribution in [-0.2, 0) is 10.2 Å². The summed E-state index contributed by atoms with van der Waals surface area (Å²) in [6.45, 7) is 10.2. The van der Waals surface area contributed by atoms with Gasteiger partial charge in [-0.25, -0.2) is 0 Å². The normalized spacial score (nSPS) is 22.0. The van der Waals surface area contributed by atoms with Crippen LogP contribution in [0.15, 0.2) is 48.5 Å². The quantitative estimate of drug-likeness (QED) is 0.673. The Balaban J connectivity index is 1.76. The molecule has 158 valence electrons. The number of carbonyl (C=O) groups is 1. The van der Waals surface area contributed by atoms with E-state index in [-0.39, 0.29) is 11.3 Å². The van der Waals surface area contributed by atoms with Gasteiger partial charge in [-0.05, 0) is 37.1 Å². The van der Waals surface area contributed by atoms with Crippen LogP contribution in [0.1, 0.15) is 56.7 Å². The molecule has 30 heavy (non-hydrogen) atoms. The number of ether oxygens (including phenoxy) is 1. The number of unbranched alkanes of at least 4 members (excludes halogenated alkanes) is 1. The molecule has 0 spiro atoms. The fraction of sp³-hybridized carbons (Fsp3) is 0.423. The molecule has 0 radical (unpaired) electrons. The number of para-hydroxylation sites is 1. The zero-order chi connectivity index (χ0) is 21.4. The largest absolute Gasteiger partial charge is 0.493 e. The molecule has 1 unspecified atom stereocenters. The molecule has 1 N–H and O–H groups in total. The van der Waals surface area contributed by atoms with Gasteiger partial charge in [-0.3, -0.25) is 4.79 Å². The Kier molecular flexibility index (Phi) is 5.35. The molecule has 0 bridgehead atoms. The minimum absolute atomic E-state index is 0.0981. The van der Waals surface area contributed by atoms with Crippen LogP contribution >= 0.6 is 0 Å². The maximum Gasteiger partial charge on any atom is 0.223 e. The molecular formula is C26H32N2O2. The summed E-state index contributed by atoms with van der Waals surface area (Å²) in [5.41, 5.74) is 3.88. The Morgan fingerprint density at radius 1 is 1.20 bits per heavy atom. The van der Waals surface area contributed by atoms with E-state index < -0.39 is 5.66 Å². The summed E-state index contributed by atoms with van der Waals surface area (Å²) in [6.07, 6.45) is 6.93. The van der Waals surface area contributed by atoms with E-state index in [9.17, 15) is 4.79 Å². The number of anilines is 1. The molecule has 2 aliphatic rings. The van der Waals surface area contributed by atoms with Crippen molar-refractivity contribution in [2.45, 2.75) is 58.0 Å². The van der Waals surface area contributed by atoms with Crippen LogP contribution in [0.3, 0.4) is 0 Å². The van der Waals surface area contributed by atoms with Gasteiger partial charge in [0.15, 0.2) is 0 Å². The Bertz CT molecular complexity index is 979. The van der Waals surface area contributed by atoms with Crippen LogP contribution in [0.5, 0.6) is 5.75 Å². The number of rotatable bonds is 6. The van der Waals surface area contributed by atoms with Crippen molar-refractivity contribution in [3.8, 4) is 5.75 Å². The number of benzene rings is 2. The van der Waals surface area contributed by atoms with Gasteiger partial charge in [0.2, 0.25) is 5.91 Å². The molecule has 2 aliphatic heterocycles. The fourth-order valence-corrected chi connectivity index (χ4v) is 4.75. The third-order valence-corrected chi connectivity index (χ3v) is 6.57. The molecule has 2 aromatic rings. The van der Waals surface area contributed by atoms with Crippen LogP contribution in [0.2, 0.25) is 0 Å². The second-order valence-electron chi connectivity index (χ2n) is 8.93. The van der Waals surface area contributed by atoms with Gasteiger partial charge >= 0.3 is 0 Å². The monoisotopic (exact) mass is 404 g/mol. The van der Waals surface area contributed by atoms with E-state index >= 15 is 0 Å². The van der Waals surface area contributed by atoms with Crippen LogP contribution < -0.4 is 15.0 Å². The summed E-state index contributed by atoms with van der Waals surface area (Å²) in [5.74, 6) is 0.984. The van der Waals surface area contributed by atoms with Gasteiger partial charge in [0.25, 0.3) is 0 Å². The number of hydrogen-bond acceptors (Lipinski definition) is 3. The molecule has 0 aliphatic carbocycles. The Morgan fingerprint density at radius 3 is 2.80 bits per heavy atom. The second kappa shape index (κ2) is 7.82. The first-order valence-corrected chi connectivity index (χ1v) is 11.0. The first-order chi connectivity index (χ1) is 14.4. The van der Waals surface area contributed by atoms with Crippen LogP contribution in [0, 0.1) is 6.92 Å². The number of nitrogens with zero attached hydrogens (tertiary/aromatic N) is 1. The molecule has 0 saturated carbocycles. The average molecular weight is 405 g/mol. The summed E-state index contributed by atoms with van der Waals surface area (Å²) in [7, 11) is 0. The summed E-state index contributed by atoms with van der Waals surface area (Å²) >= 11 is 0. The summed E-state index contributed by atoms with van der Waals surface area (Å²) in [6, 6.07) is 14.7. The lowest BCUT2D eigenvalue weighted by Gasteiger charge is -2.49. The van der Waals surface area contributed by atoms with Crippen molar-refractivity contribution in [1.29, 1.82) is 0 Å². The highest BCUT2D eigenvalue weighted by molar-refractivity contribution is 5.85. The van der Waals surface area contributed by atoms with E-state index in [0.717, 1.165) is 24.2 Å². The van der Waals surface area contributed by atoms with E-state index in [1.54, 1.807) is 0 Å². The molecule has 4 heteroatoms. The third-order valence-electron chi connectivity index (χ3n) is 6.57. The Hall–Kier alpha value is -2.75. The molecule has 1 amide bonds. The van der Waals surface area contributed by atoms with Crippen LogP contribution in [0.25, 0.3) is 6.08 Å². The molecule has 2 aromatic carbocycles. The first-order valence-electron chi connectivity index (χ1n) is 11.0. The number of carbonyl (C=O) groups excluding carboxylic acids is 1. The van der Waals surface area contributed by atoms with Crippen molar-refractivity contribution in [2.75, 3.05) is 18.1 Å². The number of fused-ring (bicyclic) bond motifs is 3. The van der Waals surface area contributed by atoms with E-state index in [2.05, 4.69) is 74.3 Å². The van der Waals surface area contributed by atoms with Crippen molar-refractivity contribution in [1.82, 2.24) is 5.32 Å². The molecule has 0 aromatic heterocycles. The average Bonchev–Trinajstić information content (AvgIpc) is 2.91. The third kappa shape index (κ3) is 3.28. The lowest BCUT2D eigenvalue weighted by atomic mass is 9.74. The highest BCUT2D eigenvalue weighted by Gasteiger charge is 2.57. The van der Waals surface area contributed by atoms with Crippen molar-refractivity contribution in [3.05, 3.63) is 65.2 Å². The maximum absolute atomic E-state index is 12.6. The number of aryl methyl sites for hydroxylation is 1. The lowest BCUT2D eigenvalue weighted by molar-refractivity contribution is -0.124. The molecular weight excluding hydrogens is 372 g/mol. The predicted molar refractivity (Wildman–Crippen MR) is 123 cm³/mol. The predicted octanol–water partition coefficient (Wildman–Crippen LogP) is 5.20. The molecule has 4 rings (SSSR count). The Morgan fingerprint density at radius 2 is 2.00 bits per heavy atom. The van der Waals surface area contributed by atoms with E-state index in [4.69, 9.17) is 4.74 Å². The molecule has 1 saturated heterocycles. The van der Waals surface area contributed by atoms with Crippen molar-refractivity contribution < 1.29 is 9.53 Å². The van der Waals surface area contributed by atoms with Crippen molar-refractivity contribution in [2.24, 2.45) is 0 Å². The second-order valence-corrected chi connectivity index (χ2v) is 8.93. The topological polar surface area (TPSA) is 41.6 Å². The number of amides is 1. The smallest absolute Gasteiger partial charge is 0.223 e. The summed E-state index contributed by atoms with van der Waals surface area (Å²) < 4.78 is 6.02. The van der Waals surface area contributed by atoms with Crippen molar-refractivity contribution in [3.63, 3.8) is 0 Å². The zero-order valence-electron chi connectivity index (χ0n) is 18.5. The highest BCUT2D eigenvalue weighted by Crippen LogP contribution is 2.52. The molecule has 1 fully saturated rings. The number of hydrogen-bond donors (Lipinski definition) is 1. The minimum Gasteiger partial charge on any atom is -0.493 e. The van der Waals surface area contributed by atoms with Gasteiger partial charge in [0, 0.05) is 29.6 Å². The SMILES string of the molecule is CCCCOc1ccccc1/C=C/C12NC(=O)CCN1c1ccc(C)cc1C2(C)C. The van der Waals surface area contributed by atoms with E-state index in [1.807, 2.05) is 18.2 Å². The first kappa shape index (κ1) is 20.5. The minimum atomic E-state index is -0.602.